The number of rotatable bonds is 4. The van der Waals surface area contributed by atoms with Crippen LogP contribution in [0.4, 0.5) is 5.69 Å². The molecule has 1 heterocycles. The highest BCUT2D eigenvalue weighted by atomic mass is 16.1. The van der Waals surface area contributed by atoms with Crippen molar-refractivity contribution in [1.82, 2.24) is 15.1 Å². The van der Waals surface area contributed by atoms with Crippen LogP contribution in [0.2, 0.25) is 0 Å². The van der Waals surface area contributed by atoms with Crippen molar-refractivity contribution in [2.75, 3.05) is 12.4 Å². The number of nitrogens with zero attached hydrogens (tertiary/aromatic N) is 2. The van der Waals surface area contributed by atoms with E-state index in [1.54, 1.807) is 24.0 Å². The van der Waals surface area contributed by atoms with Crippen molar-refractivity contribution in [2.24, 2.45) is 7.05 Å². The van der Waals surface area contributed by atoms with E-state index in [4.69, 9.17) is 0 Å². The minimum atomic E-state index is -0.0896. The minimum Gasteiger partial charge on any atom is -0.387 e. The summed E-state index contributed by atoms with van der Waals surface area (Å²) in [5.41, 5.74) is 3.55. The van der Waals surface area contributed by atoms with Gasteiger partial charge >= 0.3 is 0 Å². The summed E-state index contributed by atoms with van der Waals surface area (Å²) in [6, 6.07) is 7.43. The molecule has 0 bridgehead atoms. The van der Waals surface area contributed by atoms with Crippen molar-refractivity contribution in [1.29, 1.82) is 0 Å². The van der Waals surface area contributed by atoms with Gasteiger partial charge in [-0.25, -0.2) is 0 Å². The predicted octanol–water partition coefficient (Wildman–Crippen LogP) is 1.70. The van der Waals surface area contributed by atoms with Crippen LogP contribution in [-0.2, 0) is 13.6 Å². The summed E-state index contributed by atoms with van der Waals surface area (Å²) < 4.78 is 1.79. The Bertz CT molecular complexity index is 589. The number of carbonyl (C=O) groups is 1. The van der Waals surface area contributed by atoms with E-state index in [1.165, 1.54) is 0 Å². The van der Waals surface area contributed by atoms with Gasteiger partial charge in [-0.05, 0) is 19.1 Å². The molecular weight excluding hydrogens is 240 g/mol. The summed E-state index contributed by atoms with van der Waals surface area (Å²) in [4.78, 5) is 12.1. The smallest absolute Gasteiger partial charge is 0.253 e. The van der Waals surface area contributed by atoms with Crippen LogP contribution >= 0.6 is 0 Å². The number of nitrogens with one attached hydrogen (secondary N) is 2. The second-order valence-electron chi connectivity index (χ2n) is 4.36. The number of benzene rings is 1. The summed E-state index contributed by atoms with van der Waals surface area (Å²) in [7, 11) is 3.69. The van der Waals surface area contributed by atoms with Crippen LogP contribution in [0.1, 0.15) is 21.6 Å². The SMILES string of the molecule is CNc1ccccc1C(=O)NCc1cnn(C)c1C. The average Bonchev–Trinajstić information content (AvgIpc) is 2.76. The molecule has 0 saturated heterocycles. The van der Waals surface area contributed by atoms with Gasteiger partial charge in [0.05, 0.1) is 11.8 Å². The first kappa shape index (κ1) is 13.1. The third kappa shape index (κ3) is 2.76. The van der Waals surface area contributed by atoms with Crippen molar-refractivity contribution < 1.29 is 4.79 Å². The third-order valence-electron chi connectivity index (χ3n) is 3.22. The number of anilines is 1. The summed E-state index contributed by atoms with van der Waals surface area (Å²) in [5, 5.41) is 10.1. The summed E-state index contributed by atoms with van der Waals surface area (Å²) in [6.45, 7) is 2.46. The van der Waals surface area contributed by atoms with Gasteiger partial charge in [-0.1, -0.05) is 12.1 Å². The molecule has 1 aromatic heterocycles. The number of aromatic nitrogens is 2. The molecule has 0 spiro atoms. The molecule has 2 N–H and O–H groups in total. The number of aryl methyl sites for hydroxylation is 1. The van der Waals surface area contributed by atoms with Crippen LogP contribution in [0, 0.1) is 6.92 Å². The Hall–Kier alpha value is -2.30. The molecule has 2 aromatic rings. The molecule has 2 rings (SSSR count). The standard InChI is InChI=1S/C14H18N4O/c1-10-11(9-17-18(10)3)8-16-14(19)12-6-4-5-7-13(12)15-2/h4-7,9,15H,8H2,1-3H3,(H,16,19). The zero-order chi connectivity index (χ0) is 13.8. The maximum Gasteiger partial charge on any atom is 0.253 e. The lowest BCUT2D eigenvalue weighted by atomic mass is 10.1. The molecule has 19 heavy (non-hydrogen) atoms. The third-order valence-corrected chi connectivity index (χ3v) is 3.22. The van der Waals surface area contributed by atoms with Gasteiger partial charge in [0.15, 0.2) is 0 Å². The number of amides is 1. The molecule has 0 fully saturated rings. The Labute approximate surface area is 112 Å². The first-order valence-corrected chi connectivity index (χ1v) is 6.16. The molecule has 5 nitrogen and oxygen atoms in total. The van der Waals surface area contributed by atoms with E-state index in [0.29, 0.717) is 12.1 Å². The van der Waals surface area contributed by atoms with E-state index in [0.717, 1.165) is 16.9 Å². The fraction of sp³-hybridized carbons (Fsp3) is 0.286. The van der Waals surface area contributed by atoms with Gasteiger partial charge in [-0.2, -0.15) is 5.10 Å². The molecule has 1 amide bonds. The molecule has 0 saturated carbocycles. The molecule has 0 radical (unpaired) electrons. The number of carbonyl (C=O) groups excluding carboxylic acids is 1. The average molecular weight is 258 g/mol. The number of para-hydroxylation sites is 1. The van der Waals surface area contributed by atoms with Gasteiger partial charge < -0.3 is 10.6 Å². The van der Waals surface area contributed by atoms with E-state index in [-0.39, 0.29) is 5.91 Å². The van der Waals surface area contributed by atoms with E-state index >= 15 is 0 Å². The topological polar surface area (TPSA) is 59.0 Å². The van der Waals surface area contributed by atoms with Gasteiger partial charge in [-0.3, -0.25) is 9.48 Å². The summed E-state index contributed by atoms with van der Waals surface area (Å²) >= 11 is 0. The maximum absolute atomic E-state index is 12.1. The fourth-order valence-electron chi connectivity index (χ4n) is 1.89. The van der Waals surface area contributed by atoms with E-state index in [9.17, 15) is 4.79 Å². The zero-order valence-electron chi connectivity index (χ0n) is 11.4. The first-order chi connectivity index (χ1) is 9.13. The van der Waals surface area contributed by atoms with Crippen LogP contribution in [0.3, 0.4) is 0 Å². The first-order valence-electron chi connectivity index (χ1n) is 6.16. The molecule has 0 aliphatic rings. The lowest BCUT2D eigenvalue weighted by molar-refractivity contribution is 0.0951. The Morgan fingerprint density at radius 2 is 2.11 bits per heavy atom. The Kier molecular flexibility index (Phi) is 3.85. The van der Waals surface area contributed by atoms with Gasteiger partial charge in [-0.15, -0.1) is 0 Å². The molecule has 1 aromatic carbocycles. The zero-order valence-corrected chi connectivity index (χ0v) is 11.4. The molecule has 0 aliphatic carbocycles. The number of hydrogen-bond donors (Lipinski definition) is 2. The molecule has 0 aliphatic heterocycles. The number of hydrogen-bond acceptors (Lipinski definition) is 3. The minimum absolute atomic E-state index is 0.0896. The van der Waals surface area contributed by atoms with Crippen LogP contribution < -0.4 is 10.6 Å². The predicted molar refractivity (Wildman–Crippen MR) is 75.1 cm³/mol. The Balaban J connectivity index is 2.07. The van der Waals surface area contributed by atoms with E-state index in [1.807, 2.05) is 32.2 Å². The van der Waals surface area contributed by atoms with E-state index < -0.39 is 0 Å². The van der Waals surface area contributed by atoms with Gasteiger partial charge in [0.1, 0.15) is 0 Å². The van der Waals surface area contributed by atoms with Crippen molar-refractivity contribution >= 4 is 11.6 Å². The lowest BCUT2D eigenvalue weighted by Gasteiger charge is -2.09. The molecule has 0 atom stereocenters. The van der Waals surface area contributed by atoms with Crippen LogP contribution in [0.25, 0.3) is 0 Å². The largest absolute Gasteiger partial charge is 0.387 e. The highest BCUT2D eigenvalue weighted by Crippen LogP contribution is 2.14. The highest BCUT2D eigenvalue weighted by Gasteiger charge is 2.11. The second-order valence-corrected chi connectivity index (χ2v) is 4.36. The van der Waals surface area contributed by atoms with Crippen molar-refractivity contribution in [2.45, 2.75) is 13.5 Å². The summed E-state index contributed by atoms with van der Waals surface area (Å²) in [6.07, 6.45) is 1.78. The molecular formula is C14H18N4O. The van der Waals surface area contributed by atoms with E-state index in [2.05, 4.69) is 15.7 Å². The van der Waals surface area contributed by atoms with Gasteiger partial charge in [0, 0.05) is 37.6 Å². The second kappa shape index (κ2) is 5.56. The highest BCUT2D eigenvalue weighted by molar-refractivity contribution is 5.99. The maximum atomic E-state index is 12.1. The van der Waals surface area contributed by atoms with Crippen LogP contribution in [0.5, 0.6) is 0 Å². The molecule has 5 heteroatoms. The molecule has 100 valence electrons. The van der Waals surface area contributed by atoms with Gasteiger partial charge in [0.25, 0.3) is 5.91 Å². The Morgan fingerprint density at radius 3 is 2.74 bits per heavy atom. The Morgan fingerprint density at radius 1 is 1.37 bits per heavy atom. The van der Waals surface area contributed by atoms with Crippen molar-refractivity contribution in [3.8, 4) is 0 Å². The lowest BCUT2D eigenvalue weighted by Crippen LogP contribution is -2.23. The monoisotopic (exact) mass is 258 g/mol. The molecule has 0 unspecified atom stereocenters. The van der Waals surface area contributed by atoms with Gasteiger partial charge in [0.2, 0.25) is 0 Å². The normalized spacial score (nSPS) is 10.3. The summed E-state index contributed by atoms with van der Waals surface area (Å²) in [5.74, 6) is -0.0896. The van der Waals surface area contributed by atoms with Crippen LogP contribution in [-0.4, -0.2) is 22.7 Å². The fourth-order valence-corrected chi connectivity index (χ4v) is 1.89. The van der Waals surface area contributed by atoms with Crippen LogP contribution in [0.15, 0.2) is 30.5 Å². The van der Waals surface area contributed by atoms with Crippen molar-refractivity contribution in [3.05, 3.63) is 47.3 Å². The van der Waals surface area contributed by atoms with Crippen molar-refractivity contribution in [3.63, 3.8) is 0 Å². The quantitative estimate of drug-likeness (QED) is 0.877.